The molecule has 1 amide bonds. The first-order valence-corrected chi connectivity index (χ1v) is 11.3. The molecule has 1 heterocycles. The Morgan fingerprint density at radius 3 is 2.69 bits per heavy atom. The summed E-state index contributed by atoms with van der Waals surface area (Å²) in [5.74, 6) is 1.31. The van der Waals surface area contributed by atoms with Gasteiger partial charge in [0.25, 0.3) is 0 Å². The average molecular weight is 417 g/mol. The number of nitrogens with zero attached hydrogens (tertiary/aromatic N) is 1. The second-order valence-corrected chi connectivity index (χ2v) is 8.76. The quantitative estimate of drug-likeness (QED) is 0.302. The van der Waals surface area contributed by atoms with E-state index >= 15 is 0 Å². The smallest absolute Gasteiger partial charge is 0.220 e. The van der Waals surface area contributed by atoms with E-state index in [1.807, 2.05) is 18.2 Å². The van der Waals surface area contributed by atoms with E-state index in [0.717, 1.165) is 10.3 Å². The number of benzene rings is 1. The highest BCUT2D eigenvalue weighted by molar-refractivity contribution is 7.19. The number of carbonyl (C=O) groups is 1. The molecule has 1 atom stereocenters. The van der Waals surface area contributed by atoms with Crippen molar-refractivity contribution in [2.24, 2.45) is 10.9 Å². The summed E-state index contributed by atoms with van der Waals surface area (Å²) >= 11 is 1.61. The minimum atomic E-state index is -0.596. The van der Waals surface area contributed by atoms with Gasteiger partial charge in [-0.3, -0.25) is 9.79 Å². The van der Waals surface area contributed by atoms with Crippen LogP contribution in [0.4, 0.5) is 0 Å². The summed E-state index contributed by atoms with van der Waals surface area (Å²) in [6.45, 7) is 1.53. The van der Waals surface area contributed by atoms with E-state index in [-0.39, 0.29) is 5.91 Å². The molecule has 0 aliphatic heterocycles. The molecule has 1 saturated carbocycles. The Bertz CT molecular complexity index is 781. The van der Waals surface area contributed by atoms with Crippen LogP contribution in [0.15, 0.2) is 35.3 Å². The van der Waals surface area contributed by atoms with Crippen molar-refractivity contribution in [2.45, 2.75) is 44.6 Å². The largest absolute Gasteiger partial charge is 0.386 e. The minimum Gasteiger partial charge on any atom is -0.386 e. The predicted octanol–water partition coefficient (Wildman–Crippen LogP) is 3.19. The van der Waals surface area contributed by atoms with Crippen molar-refractivity contribution in [3.8, 4) is 0 Å². The fraction of sp³-hybridized carbons (Fsp3) is 0.545. The SMILES string of the molecule is CN=C(NCCNC(=O)CC1CCCCC1)NCC(O)c1cc2ccccc2s1. The molecule has 1 aromatic heterocycles. The van der Waals surface area contributed by atoms with Gasteiger partial charge in [0.1, 0.15) is 6.10 Å². The molecule has 7 heteroatoms. The monoisotopic (exact) mass is 416 g/mol. The van der Waals surface area contributed by atoms with Crippen LogP contribution >= 0.6 is 11.3 Å². The number of hydrogen-bond acceptors (Lipinski definition) is 4. The maximum absolute atomic E-state index is 12.1. The van der Waals surface area contributed by atoms with E-state index < -0.39 is 6.10 Å². The number of thiophene rings is 1. The number of nitrogens with one attached hydrogen (secondary N) is 3. The molecule has 0 bridgehead atoms. The molecule has 158 valence electrons. The van der Waals surface area contributed by atoms with Crippen LogP contribution in [0.1, 0.15) is 49.5 Å². The number of guanidine groups is 1. The van der Waals surface area contributed by atoms with Crippen molar-refractivity contribution in [3.63, 3.8) is 0 Å². The first kappa shape index (κ1) is 21.6. The third-order valence-electron chi connectivity index (χ3n) is 5.40. The Labute approximate surface area is 176 Å². The number of fused-ring (bicyclic) bond motifs is 1. The third kappa shape index (κ3) is 6.72. The van der Waals surface area contributed by atoms with Crippen molar-refractivity contribution in [1.29, 1.82) is 0 Å². The van der Waals surface area contributed by atoms with Gasteiger partial charge in [-0.1, -0.05) is 37.5 Å². The van der Waals surface area contributed by atoms with Gasteiger partial charge in [0, 0.05) is 42.7 Å². The molecule has 4 N–H and O–H groups in total. The molecule has 0 radical (unpaired) electrons. The Morgan fingerprint density at radius 2 is 1.93 bits per heavy atom. The van der Waals surface area contributed by atoms with E-state index in [9.17, 15) is 9.90 Å². The van der Waals surface area contributed by atoms with E-state index in [1.54, 1.807) is 18.4 Å². The number of aliphatic hydroxyl groups excluding tert-OH is 1. The van der Waals surface area contributed by atoms with Crippen LogP contribution in [0.2, 0.25) is 0 Å². The molecule has 1 aliphatic carbocycles. The lowest BCUT2D eigenvalue weighted by Crippen LogP contribution is -2.42. The number of aliphatic imine (C=N–C) groups is 1. The Balaban J connectivity index is 1.34. The topological polar surface area (TPSA) is 85.8 Å². The van der Waals surface area contributed by atoms with Crippen LogP contribution < -0.4 is 16.0 Å². The van der Waals surface area contributed by atoms with Gasteiger partial charge in [-0.05, 0) is 36.3 Å². The molecule has 1 unspecified atom stereocenters. The molecule has 0 spiro atoms. The molecule has 29 heavy (non-hydrogen) atoms. The van der Waals surface area contributed by atoms with E-state index in [4.69, 9.17) is 0 Å². The summed E-state index contributed by atoms with van der Waals surface area (Å²) < 4.78 is 1.17. The van der Waals surface area contributed by atoms with Gasteiger partial charge in [0.05, 0.1) is 0 Å². The number of amides is 1. The van der Waals surface area contributed by atoms with Gasteiger partial charge in [-0.25, -0.2) is 0 Å². The van der Waals surface area contributed by atoms with Gasteiger partial charge in [-0.15, -0.1) is 11.3 Å². The van der Waals surface area contributed by atoms with Crippen molar-refractivity contribution in [2.75, 3.05) is 26.7 Å². The van der Waals surface area contributed by atoms with Crippen LogP contribution in [0, 0.1) is 5.92 Å². The number of carbonyl (C=O) groups excluding carboxylic acids is 1. The number of rotatable bonds is 8. The summed E-state index contributed by atoms with van der Waals surface area (Å²) in [6.07, 6.45) is 6.25. The third-order valence-corrected chi connectivity index (χ3v) is 6.62. The fourth-order valence-corrected chi connectivity index (χ4v) is 4.84. The molecule has 1 aliphatic rings. The van der Waals surface area contributed by atoms with Crippen LogP contribution in [0.5, 0.6) is 0 Å². The van der Waals surface area contributed by atoms with E-state index in [2.05, 4.69) is 33.1 Å². The van der Waals surface area contributed by atoms with Crippen molar-refractivity contribution in [3.05, 3.63) is 35.2 Å². The second kappa shape index (κ2) is 11.2. The minimum absolute atomic E-state index is 0.141. The van der Waals surface area contributed by atoms with E-state index in [0.29, 0.717) is 37.9 Å². The lowest BCUT2D eigenvalue weighted by Gasteiger charge is -2.21. The molecule has 6 nitrogen and oxygen atoms in total. The van der Waals surface area contributed by atoms with Crippen molar-refractivity contribution in [1.82, 2.24) is 16.0 Å². The highest BCUT2D eigenvalue weighted by Gasteiger charge is 2.16. The maximum Gasteiger partial charge on any atom is 0.220 e. The van der Waals surface area contributed by atoms with Crippen molar-refractivity contribution >= 4 is 33.3 Å². The van der Waals surface area contributed by atoms with Crippen LogP contribution in [-0.2, 0) is 4.79 Å². The zero-order valence-corrected chi connectivity index (χ0v) is 17.9. The molecule has 3 rings (SSSR count). The van der Waals surface area contributed by atoms with Gasteiger partial charge >= 0.3 is 0 Å². The van der Waals surface area contributed by atoms with Crippen LogP contribution in [-0.4, -0.2) is 43.7 Å². The van der Waals surface area contributed by atoms with Crippen molar-refractivity contribution < 1.29 is 9.90 Å². The Kier molecular flexibility index (Phi) is 8.31. The highest BCUT2D eigenvalue weighted by Crippen LogP contribution is 2.29. The zero-order chi connectivity index (χ0) is 20.5. The predicted molar refractivity (Wildman–Crippen MR) is 120 cm³/mol. The van der Waals surface area contributed by atoms with Gasteiger partial charge in [0.15, 0.2) is 5.96 Å². The van der Waals surface area contributed by atoms with Crippen LogP contribution in [0.3, 0.4) is 0 Å². The Morgan fingerprint density at radius 1 is 1.17 bits per heavy atom. The van der Waals surface area contributed by atoms with E-state index in [1.165, 1.54) is 36.8 Å². The van der Waals surface area contributed by atoms with Gasteiger partial charge in [0.2, 0.25) is 5.91 Å². The summed E-state index contributed by atoms with van der Waals surface area (Å²) in [7, 11) is 1.70. The summed E-state index contributed by atoms with van der Waals surface area (Å²) in [4.78, 5) is 17.2. The summed E-state index contributed by atoms with van der Waals surface area (Å²) in [5, 5.41) is 20.9. The summed E-state index contributed by atoms with van der Waals surface area (Å²) in [5.41, 5.74) is 0. The lowest BCUT2D eigenvalue weighted by atomic mass is 9.87. The zero-order valence-electron chi connectivity index (χ0n) is 17.1. The molecule has 2 aromatic rings. The van der Waals surface area contributed by atoms with Gasteiger partial charge in [-0.2, -0.15) is 0 Å². The highest BCUT2D eigenvalue weighted by atomic mass is 32.1. The van der Waals surface area contributed by atoms with Gasteiger partial charge < -0.3 is 21.1 Å². The fourth-order valence-electron chi connectivity index (χ4n) is 3.79. The number of hydrogen-bond donors (Lipinski definition) is 4. The lowest BCUT2D eigenvalue weighted by molar-refractivity contribution is -0.122. The first-order chi connectivity index (χ1) is 14.2. The summed E-state index contributed by atoms with van der Waals surface area (Å²) in [6, 6.07) is 10.2. The van der Waals surface area contributed by atoms with Crippen LogP contribution in [0.25, 0.3) is 10.1 Å². The molecule has 1 aromatic carbocycles. The maximum atomic E-state index is 12.1. The second-order valence-electron chi connectivity index (χ2n) is 7.64. The molecular formula is C22H32N4O2S. The number of aliphatic hydroxyl groups is 1. The Hall–Kier alpha value is -2.12. The standard InChI is InChI=1S/C22H32N4O2S/c1-23-22(25-12-11-24-21(28)13-16-7-3-2-4-8-16)26-15-18(27)20-14-17-9-5-6-10-19(17)29-20/h5-6,9-10,14,16,18,27H,2-4,7-8,11-13,15H2,1H3,(H,24,28)(H2,23,25,26). The first-order valence-electron chi connectivity index (χ1n) is 10.5. The molecular weight excluding hydrogens is 384 g/mol. The molecule has 0 saturated heterocycles. The average Bonchev–Trinajstić information content (AvgIpc) is 3.18. The molecule has 1 fully saturated rings. The normalized spacial score (nSPS) is 16.6.